The minimum atomic E-state index is -4.45. The third-order valence-electron chi connectivity index (χ3n) is 7.21. The van der Waals surface area contributed by atoms with Crippen molar-refractivity contribution >= 4 is 17.7 Å². The minimum Gasteiger partial charge on any atom is -0.418 e. The predicted molar refractivity (Wildman–Crippen MR) is 131 cm³/mol. The Balaban J connectivity index is 1.33. The first-order chi connectivity index (χ1) is 17.2. The number of benzene rings is 1. The van der Waals surface area contributed by atoms with Crippen molar-refractivity contribution in [2.45, 2.75) is 56.8 Å². The van der Waals surface area contributed by atoms with E-state index in [1.807, 2.05) is 30.1 Å². The van der Waals surface area contributed by atoms with Gasteiger partial charge in [0.15, 0.2) is 6.72 Å². The summed E-state index contributed by atoms with van der Waals surface area (Å²) >= 11 is 0. The van der Waals surface area contributed by atoms with E-state index in [0.717, 1.165) is 36.2 Å². The molecule has 10 heteroatoms. The Kier molecular flexibility index (Phi) is 6.67. The van der Waals surface area contributed by atoms with Crippen LogP contribution in [0.1, 0.15) is 61.8 Å². The molecule has 0 amide bonds. The molecule has 2 unspecified atom stereocenters. The molecule has 0 saturated heterocycles. The van der Waals surface area contributed by atoms with Gasteiger partial charge in [0.2, 0.25) is 11.9 Å². The highest BCUT2D eigenvalue weighted by atomic mass is 32.2. The molecule has 1 aliphatic heterocycles. The summed E-state index contributed by atoms with van der Waals surface area (Å²) in [7, 11) is -1.05. The van der Waals surface area contributed by atoms with Gasteiger partial charge in [0.05, 0.1) is 34.7 Å². The number of hydrogen-bond acceptors (Lipinski definition) is 4. The minimum absolute atomic E-state index is 0.0746. The number of pyridine rings is 1. The van der Waals surface area contributed by atoms with Crippen LogP contribution >= 0.6 is 0 Å². The average Bonchev–Trinajstić information content (AvgIpc) is 3.53. The van der Waals surface area contributed by atoms with Gasteiger partial charge in [0, 0.05) is 23.6 Å². The molecule has 6 nitrogen and oxygen atoms in total. The third kappa shape index (κ3) is 5.06. The van der Waals surface area contributed by atoms with Crippen molar-refractivity contribution in [2.24, 2.45) is 5.92 Å². The molecule has 0 radical (unpaired) electrons. The lowest BCUT2D eigenvalue weighted by Gasteiger charge is -2.26. The molecule has 2 fully saturated rings. The van der Waals surface area contributed by atoms with E-state index in [1.54, 1.807) is 4.68 Å². The number of nitrogens with one attached hydrogen (secondary N) is 1. The summed E-state index contributed by atoms with van der Waals surface area (Å²) in [5.74, 6) is 1.81. The number of hydrogen-bond donors (Lipinski definition) is 1. The van der Waals surface area contributed by atoms with Crippen molar-refractivity contribution in [3.8, 4) is 5.88 Å². The maximum Gasteiger partial charge on any atom is 0.417 e. The van der Waals surface area contributed by atoms with E-state index in [1.165, 1.54) is 25.3 Å². The highest BCUT2D eigenvalue weighted by Gasteiger charge is 2.46. The van der Waals surface area contributed by atoms with Crippen LogP contribution in [0.3, 0.4) is 0 Å². The molecule has 2 aliphatic carbocycles. The third-order valence-corrected chi connectivity index (χ3v) is 8.60. The van der Waals surface area contributed by atoms with Crippen LogP contribution in [0.2, 0.25) is 0 Å². The number of alkyl halides is 3. The molecular formula is C26H30F3N4O2S+. The van der Waals surface area contributed by atoms with Gasteiger partial charge in [-0.1, -0.05) is 24.6 Å². The van der Waals surface area contributed by atoms with Crippen LogP contribution in [-0.2, 0) is 22.7 Å². The Hall–Kier alpha value is -2.72. The highest BCUT2D eigenvalue weighted by Crippen LogP contribution is 2.47. The van der Waals surface area contributed by atoms with Crippen LogP contribution in [0.15, 0.2) is 54.6 Å². The molecule has 1 aromatic carbocycles. The molecule has 36 heavy (non-hydrogen) atoms. The lowest BCUT2D eigenvalue weighted by molar-refractivity contribution is -0.690. The second-order valence-electron chi connectivity index (χ2n) is 9.71. The Morgan fingerprint density at radius 2 is 2.06 bits per heavy atom. The van der Waals surface area contributed by atoms with Crippen molar-refractivity contribution in [1.82, 2.24) is 14.7 Å². The molecule has 1 aromatic heterocycles. The van der Waals surface area contributed by atoms with Gasteiger partial charge >= 0.3 is 6.18 Å². The highest BCUT2D eigenvalue weighted by molar-refractivity contribution is 7.83. The van der Waals surface area contributed by atoms with E-state index in [4.69, 9.17) is 4.74 Å². The van der Waals surface area contributed by atoms with Crippen LogP contribution in [0, 0.1) is 5.92 Å². The summed E-state index contributed by atoms with van der Waals surface area (Å²) in [5, 5.41) is 1.81. The number of hydrazone groups is 1. The summed E-state index contributed by atoms with van der Waals surface area (Å²) in [6, 6.07) is 10.1. The topological polar surface area (TPSA) is 57.5 Å². The SMILES string of the molecule is C=[N+]1C(c2cccc(C3(NS(=O)CC4CCC4)CC3)c2)C=C(Oc2ccc(C(F)(F)F)cn2)N1CC. The van der Waals surface area contributed by atoms with E-state index >= 15 is 0 Å². The molecule has 0 bridgehead atoms. The maximum absolute atomic E-state index is 12.9. The van der Waals surface area contributed by atoms with Crippen LogP contribution in [0.4, 0.5) is 13.2 Å². The first-order valence-electron chi connectivity index (χ1n) is 12.3. The van der Waals surface area contributed by atoms with Crippen LogP contribution in [0.25, 0.3) is 0 Å². The van der Waals surface area contributed by atoms with Crippen LogP contribution < -0.4 is 9.46 Å². The number of aromatic nitrogens is 1. The molecule has 2 aromatic rings. The van der Waals surface area contributed by atoms with E-state index in [9.17, 15) is 17.4 Å². The van der Waals surface area contributed by atoms with Gasteiger partial charge in [0.1, 0.15) is 0 Å². The molecular weight excluding hydrogens is 489 g/mol. The summed E-state index contributed by atoms with van der Waals surface area (Å²) < 4.78 is 62.3. The standard InChI is InChI=1S/C26H30F3N4O2S/c1-3-33-24(35-23-11-10-21(16-30-23)26(27,28)29)15-22(32(33)2)19-8-5-9-20(14-19)25(12-13-25)31-36(34)17-18-6-4-7-18/h5,8-11,14-16,18,22,31H,2-4,6-7,12-13,17H2,1H3/q+1. The van der Waals surface area contributed by atoms with Crippen molar-refractivity contribution in [3.63, 3.8) is 0 Å². The van der Waals surface area contributed by atoms with Crippen molar-refractivity contribution in [3.05, 3.63) is 71.2 Å². The zero-order valence-electron chi connectivity index (χ0n) is 20.1. The van der Waals surface area contributed by atoms with Gasteiger partial charge in [-0.2, -0.15) is 13.2 Å². The second-order valence-corrected chi connectivity index (χ2v) is 10.9. The first kappa shape index (κ1) is 25.0. The first-order valence-corrected chi connectivity index (χ1v) is 13.6. The largest absolute Gasteiger partial charge is 0.418 e. The van der Waals surface area contributed by atoms with Crippen molar-refractivity contribution < 1.29 is 26.8 Å². The Morgan fingerprint density at radius 1 is 1.28 bits per heavy atom. The Labute approximate surface area is 211 Å². The van der Waals surface area contributed by atoms with Crippen LogP contribution in [-0.4, -0.2) is 37.9 Å². The number of nitrogens with zero attached hydrogens (tertiary/aromatic N) is 3. The number of rotatable bonds is 9. The monoisotopic (exact) mass is 519 g/mol. The van der Waals surface area contributed by atoms with Gasteiger partial charge in [-0.25, -0.2) is 13.9 Å². The van der Waals surface area contributed by atoms with Gasteiger partial charge in [-0.15, -0.1) is 9.69 Å². The van der Waals surface area contributed by atoms with Crippen molar-refractivity contribution in [2.75, 3.05) is 12.3 Å². The van der Waals surface area contributed by atoms with Gasteiger partial charge in [-0.3, -0.25) is 0 Å². The zero-order valence-corrected chi connectivity index (χ0v) is 20.9. The predicted octanol–water partition coefficient (Wildman–Crippen LogP) is 5.07. The molecule has 2 saturated carbocycles. The molecule has 0 spiro atoms. The zero-order chi connectivity index (χ0) is 25.5. The quantitative estimate of drug-likeness (QED) is 0.470. The smallest absolute Gasteiger partial charge is 0.417 e. The summed E-state index contributed by atoms with van der Waals surface area (Å²) in [6.07, 6.45) is 3.66. The van der Waals surface area contributed by atoms with E-state index in [0.29, 0.717) is 24.1 Å². The lowest BCUT2D eigenvalue weighted by Crippen LogP contribution is -2.35. The van der Waals surface area contributed by atoms with Gasteiger partial charge in [0.25, 0.3) is 5.88 Å². The van der Waals surface area contributed by atoms with Crippen molar-refractivity contribution in [1.29, 1.82) is 0 Å². The molecule has 3 aliphatic rings. The number of hydrazine groups is 1. The fraction of sp³-hybridized carbons (Fsp3) is 0.462. The van der Waals surface area contributed by atoms with E-state index in [2.05, 4.69) is 28.6 Å². The van der Waals surface area contributed by atoms with E-state index in [-0.39, 0.29) is 17.5 Å². The molecule has 1 N–H and O–H groups in total. The average molecular weight is 520 g/mol. The molecule has 2 heterocycles. The van der Waals surface area contributed by atoms with Gasteiger partial charge < -0.3 is 4.74 Å². The van der Waals surface area contributed by atoms with Gasteiger partial charge in [-0.05, 0) is 56.2 Å². The van der Waals surface area contributed by atoms with E-state index < -0.39 is 22.7 Å². The normalized spacial score (nSPS) is 22.2. The maximum atomic E-state index is 12.9. The summed E-state index contributed by atoms with van der Waals surface area (Å²) in [5.41, 5.74) is 1.02. The fourth-order valence-corrected chi connectivity index (χ4v) is 6.32. The fourth-order valence-electron chi connectivity index (χ4n) is 4.72. The lowest BCUT2D eigenvalue weighted by atomic mass is 9.87. The molecule has 2 atom stereocenters. The number of halogens is 3. The number of ether oxygens (including phenoxy) is 1. The van der Waals surface area contributed by atoms with Crippen LogP contribution in [0.5, 0.6) is 5.88 Å². The Morgan fingerprint density at radius 3 is 2.64 bits per heavy atom. The summed E-state index contributed by atoms with van der Waals surface area (Å²) in [6.45, 7) is 6.68. The Bertz CT molecular complexity index is 1190. The molecule has 5 rings (SSSR count). The summed E-state index contributed by atoms with van der Waals surface area (Å²) in [4.78, 5) is 3.83. The second kappa shape index (κ2) is 9.63. The molecule has 192 valence electrons.